The molecule has 0 aromatic rings. The molecule has 0 radical (unpaired) electrons. The molecule has 0 aliphatic heterocycles. The number of ether oxygens (including phenoxy) is 1. The van der Waals surface area contributed by atoms with Gasteiger partial charge in [-0.1, -0.05) is 19.8 Å². The lowest BCUT2D eigenvalue weighted by atomic mass is 9.83. The molecule has 0 aromatic carbocycles. The van der Waals surface area contributed by atoms with Crippen LogP contribution in [0.5, 0.6) is 0 Å². The predicted octanol–water partition coefficient (Wildman–Crippen LogP) is 2.01. The molecule has 0 spiro atoms. The summed E-state index contributed by atoms with van der Waals surface area (Å²) in [6.45, 7) is 7.66. The van der Waals surface area contributed by atoms with Crippen LogP contribution in [0.1, 0.15) is 52.4 Å². The van der Waals surface area contributed by atoms with Gasteiger partial charge in [-0.05, 0) is 38.0 Å². The molecule has 0 unspecified atom stereocenters. The molecule has 140 valence electrons. The summed E-state index contributed by atoms with van der Waals surface area (Å²) >= 11 is 0. The molecule has 0 saturated heterocycles. The Kier molecular flexibility index (Phi) is 9.76. The van der Waals surface area contributed by atoms with Crippen LogP contribution in [0.15, 0.2) is 4.99 Å². The first-order chi connectivity index (χ1) is 11.5. The fourth-order valence-electron chi connectivity index (χ4n) is 3.04. The molecule has 1 amide bonds. The van der Waals surface area contributed by atoms with Gasteiger partial charge in [-0.15, -0.1) is 0 Å². The Labute approximate surface area is 147 Å². The van der Waals surface area contributed by atoms with Gasteiger partial charge in [0.2, 0.25) is 5.91 Å². The van der Waals surface area contributed by atoms with Crippen molar-refractivity contribution >= 4 is 11.9 Å². The van der Waals surface area contributed by atoms with Crippen LogP contribution in [-0.4, -0.2) is 63.7 Å². The fraction of sp³-hybridized carbons (Fsp3) is 0.889. The topological polar surface area (TPSA) is 66.0 Å². The van der Waals surface area contributed by atoms with Gasteiger partial charge in [-0.2, -0.15) is 0 Å². The molecule has 2 N–H and O–H groups in total. The van der Waals surface area contributed by atoms with E-state index in [-0.39, 0.29) is 12.5 Å². The Morgan fingerprint density at radius 3 is 2.50 bits per heavy atom. The number of hydrogen-bond donors (Lipinski definition) is 2. The van der Waals surface area contributed by atoms with Crippen LogP contribution in [0.4, 0.5) is 0 Å². The number of likely N-dealkylation sites (N-methyl/N-ethyl adjacent to an activating group) is 1. The normalized spacial score (nSPS) is 16.9. The van der Waals surface area contributed by atoms with Gasteiger partial charge in [0.1, 0.15) is 6.54 Å². The summed E-state index contributed by atoms with van der Waals surface area (Å²) in [5.74, 6) is 0.748. The number of amides is 1. The summed E-state index contributed by atoms with van der Waals surface area (Å²) in [6, 6.07) is 0. The van der Waals surface area contributed by atoms with Crippen LogP contribution in [-0.2, 0) is 9.53 Å². The van der Waals surface area contributed by atoms with E-state index >= 15 is 0 Å². The van der Waals surface area contributed by atoms with Crippen LogP contribution in [0.2, 0.25) is 0 Å². The van der Waals surface area contributed by atoms with Gasteiger partial charge < -0.3 is 20.3 Å². The van der Waals surface area contributed by atoms with E-state index in [1.54, 1.807) is 19.0 Å². The molecule has 6 heteroatoms. The molecule has 0 atom stereocenters. The summed E-state index contributed by atoms with van der Waals surface area (Å²) in [5, 5.41) is 6.79. The molecule has 1 aliphatic rings. The van der Waals surface area contributed by atoms with Crippen molar-refractivity contribution in [3.05, 3.63) is 0 Å². The minimum absolute atomic E-state index is 0.0106. The van der Waals surface area contributed by atoms with Crippen molar-refractivity contribution in [3.8, 4) is 0 Å². The van der Waals surface area contributed by atoms with E-state index in [9.17, 15) is 4.79 Å². The second-order valence-electron chi connectivity index (χ2n) is 6.84. The molecule has 1 saturated carbocycles. The fourth-order valence-corrected chi connectivity index (χ4v) is 3.04. The first kappa shape index (κ1) is 20.7. The molecular weight excluding hydrogens is 304 g/mol. The maximum absolute atomic E-state index is 11.8. The molecule has 0 bridgehead atoms. The maximum Gasteiger partial charge on any atom is 0.243 e. The highest BCUT2D eigenvalue weighted by Crippen LogP contribution is 2.40. The Bertz CT molecular complexity index is 390. The smallest absolute Gasteiger partial charge is 0.243 e. The van der Waals surface area contributed by atoms with Crippen LogP contribution in [0.3, 0.4) is 0 Å². The van der Waals surface area contributed by atoms with Gasteiger partial charge in [0.05, 0.1) is 0 Å². The third kappa shape index (κ3) is 7.51. The largest absolute Gasteiger partial charge is 0.382 e. The molecule has 1 aliphatic carbocycles. The average Bonchev–Trinajstić information content (AvgIpc) is 3.05. The van der Waals surface area contributed by atoms with Crippen LogP contribution in [0.25, 0.3) is 0 Å². The van der Waals surface area contributed by atoms with E-state index in [0.717, 1.165) is 38.7 Å². The highest BCUT2D eigenvalue weighted by atomic mass is 16.5. The molecular formula is C18H36N4O2. The minimum atomic E-state index is 0.0106. The number of hydrogen-bond acceptors (Lipinski definition) is 3. The third-order valence-corrected chi connectivity index (χ3v) is 4.88. The minimum Gasteiger partial charge on any atom is -0.382 e. The summed E-state index contributed by atoms with van der Waals surface area (Å²) in [7, 11) is 3.51. The third-order valence-electron chi connectivity index (χ3n) is 4.88. The van der Waals surface area contributed by atoms with Crippen molar-refractivity contribution in [1.82, 2.24) is 15.5 Å². The zero-order chi connectivity index (χ0) is 17.8. The van der Waals surface area contributed by atoms with E-state index in [4.69, 9.17) is 4.74 Å². The highest BCUT2D eigenvalue weighted by molar-refractivity contribution is 5.84. The predicted molar refractivity (Wildman–Crippen MR) is 99.3 cm³/mol. The molecule has 0 heterocycles. The standard InChI is InChI=1S/C18H36N4O2/c1-5-18(10-7-8-11-18)15-21-17(19-12-9-13-24-6-2)20-14-16(23)22(3)4/h5-15H2,1-4H3,(H2,19,20,21). The van der Waals surface area contributed by atoms with Gasteiger partial charge in [0.25, 0.3) is 0 Å². The molecule has 0 aromatic heterocycles. The first-order valence-electron chi connectivity index (χ1n) is 9.33. The molecule has 1 fully saturated rings. The quantitative estimate of drug-likeness (QED) is 0.363. The number of nitrogens with zero attached hydrogens (tertiary/aromatic N) is 2. The van der Waals surface area contributed by atoms with Crippen LogP contribution in [0, 0.1) is 5.41 Å². The summed E-state index contributed by atoms with van der Waals surface area (Å²) < 4.78 is 5.36. The lowest BCUT2D eigenvalue weighted by molar-refractivity contribution is -0.127. The number of nitrogens with one attached hydrogen (secondary N) is 2. The number of rotatable bonds is 10. The second-order valence-corrected chi connectivity index (χ2v) is 6.84. The van der Waals surface area contributed by atoms with E-state index < -0.39 is 0 Å². The van der Waals surface area contributed by atoms with Crippen LogP contribution >= 0.6 is 0 Å². The molecule has 24 heavy (non-hydrogen) atoms. The second kappa shape index (κ2) is 11.3. The lowest BCUT2D eigenvalue weighted by Gasteiger charge is -2.28. The van der Waals surface area contributed by atoms with Crippen molar-refractivity contribution in [2.24, 2.45) is 10.4 Å². The van der Waals surface area contributed by atoms with Crippen molar-refractivity contribution < 1.29 is 9.53 Å². The monoisotopic (exact) mass is 340 g/mol. The van der Waals surface area contributed by atoms with E-state index in [1.807, 2.05) is 6.92 Å². The van der Waals surface area contributed by atoms with E-state index in [0.29, 0.717) is 5.41 Å². The number of guanidine groups is 1. The Morgan fingerprint density at radius 2 is 1.92 bits per heavy atom. The van der Waals surface area contributed by atoms with Crippen LogP contribution < -0.4 is 10.6 Å². The van der Waals surface area contributed by atoms with Crippen molar-refractivity contribution in [2.75, 3.05) is 46.9 Å². The Hall–Kier alpha value is -1.30. The average molecular weight is 341 g/mol. The van der Waals surface area contributed by atoms with Gasteiger partial charge >= 0.3 is 0 Å². The SMILES string of the molecule is CCOCCCNC(=NCC(=O)N(C)C)NCC1(CC)CCCC1. The Morgan fingerprint density at radius 1 is 1.21 bits per heavy atom. The number of carbonyl (C=O) groups is 1. The highest BCUT2D eigenvalue weighted by Gasteiger charge is 2.31. The van der Waals surface area contributed by atoms with E-state index in [2.05, 4.69) is 22.5 Å². The van der Waals surface area contributed by atoms with Gasteiger partial charge in [0, 0.05) is 40.4 Å². The van der Waals surface area contributed by atoms with Gasteiger partial charge in [-0.3, -0.25) is 4.79 Å². The lowest BCUT2D eigenvalue weighted by Crippen LogP contribution is -2.44. The first-order valence-corrected chi connectivity index (χ1v) is 9.33. The maximum atomic E-state index is 11.8. The molecule has 1 rings (SSSR count). The van der Waals surface area contributed by atoms with Crippen molar-refractivity contribution in [3.63, 3.8) is 0 Å². The van der Waals surface area contributed by atoms with Gasteiger partial charge in [0.15, 0.2) is 5.96 Å². The Balaban J connectivity index is 2.52. The summed E-state index contributed by atoms with van der Waals surface area (Å²) in [6.07, 6.45) is 7.32. The zero-order valence-electron chi connectivity index (χ0n) is 16.0. The van der Waals surface area contributed by atoms with Gasteiger partial charge in [-0.25, -0.2) is 4.99 Å². The van der Waals surface area contributed by atoms with E-state index in [1.165, 1.54) is 32.1 Å². The summed E-state index contributed by atoms with van der Waals surface area (Å²) in [5.41, 5.74) is 0.388. The van der Waals surface area contributed by atoms with Crippen molar-refractivity contribution in [2.45, 2.75) is 52.4 Å². The van der Waals surface area contributed by atoms with Crippen molar-refractivity contribution in [1.29, 1.82) is 0 Å². The number of aliphatic imine (C=N–C) groups is 1. The number of carbonyl (C=O) groups excluding carboxylic acids is 1. The summed E-state index contributed by atoms with van der Waals surface area (Å²) in [4.78, 5) is 17.8. The zero-order valence-corrected chi connectivity index (χ0v) is 16.0. The molecule has 6 nitrogen and oxygen atoms in total.